The van der Waals surface area contributed by atoms with Crippen molar-refractivity contribution in [2.75, 3.05) is 19.0 Å². The fraction of sp³-hybridized carbons (Fsp3) is 0.368. The number of hydrogen-bond acceptors (Lipinski definition) is 6. The molecule has 2 heterocycles. The molecule has 27 heavy (non-hydrogen) atoms. The summed E-state index contributed by atoms with van der Waals surface area (Å²) in [4.78, 5) is 20.8. The molecule has 0 fully saturated rings. The predicted octanol–water partition coefficient (Wildman–Crippen LogP) is 3.09. The number of nitrogens with one attached hydrogen (secondary N) is 1. The summed E-state index contributed by atoms with van der Waals surface area (Å²) in [6.07, 6.45) is 3.16. The molecule has 142 valence electrons. The van der Waals surface area contributed by atoms with Gasteiger partial charge in [0.2, 0.25) is 0 Å². The van der Waals surface area contributed by atoms with Crippen LogP contribution in [0, 0.1) is 5.82 Å². The molecule has 3 rings (SSSR count). The standard InChI is InChI=1S/C19H22FN5O2/c1-19(2,3)25-17-15(10-24-25)16(22-11-23-17)21-9-14(18(26)27-4)12-5-7-13(20)8-6-12/h5-8,10-11,14H,9H2,1-4H3,(H,21,22,23). The molecule has 7 nitrogen and oxygen atoms in total. The number of ether oxygens (including phenoxy) is 1. The van der Waals surface area contributed by atoms with E-state index >= 15 is 0 Å². The zero-order chi connectivity index (χ0) is 19.6. The highest BCUT2D eigenvalue weighted by Crippen LogP contribution is 2.25. The second-order valence-corrected chi connectivity index (χ2v) is 7.19. The zero-order valence-corrected chi connectivity index (χ0v) is 15.7. The van der Waals surface area contributed by atoms with E-state index in [1.54, 1.807) is 18.3 Å². The van der Waals surface area contributed by atoms with Crippen LogP contribution in [-0.2, 0) is 15.1 Å². The van der Waals surface area contributed by atoms with Crippen LogP contribution in [0.15, 0.2) is 36.8 Å². The SMILES string of the molecule is COC(=O)C(CNc1ncnc2c1cnn2C(C)(C)C)c1ccc(F)cc1. The number of carbonyl (C=O) groups excluding carboxylic acids is 1. The molecule has 0 spiro atoms. The van der Waals surface area contributed by atoms with Gasteiger partial charge < -0.3 is 10.1 Å². The first kappa shape index (κ1) is 18.8. The van der Waals surface area contributed by atoms with E-state index in [1.807, 2.05) is 25.5 Å². The van der Waals surface area contributed by atoms with Gasteiger partial charge in [0.25, 0.3) is 0 Å². The number of benzene rings is 1. The van der Waals surface area contributed by atoms with Gasteiger partial charge in [-0.3, -0.25) is 4.79 Å². The van der Waals surface area contributed by atoms with Crippen molar-refractivity contribution in [2.24, 2.45) is 0 Å². The van der Waals surface area contributed by atoms with Crippen LogP contribution in [0.5, 0.6) is 0 Å². The lowest BCUT2D eigenvalue weighted by atomic mass is 9.99. The maximum atomic E-state index is 13.2. The number of nitrogens with zero attached hydrogens (tertiary/aromatic N) is 4. The second-order valence-electron chi connectivity index (χ2n) is 7.19. The summed E-state index contributed by atoms with van der Waals surface area (Å²) >= 11 is 0. The molecule has 8 heteroatoms. The van der Waals surface area contributed by atoms with Crippen molar-refractivity contribution in [2.45, 2.75) is 32.2 Å². The van der Waals surface area contributed by atoms with Crippen LogP contribution < -0.4 is 5.32 Å². The molecule has 0 bridgehead atoms. The minimum Gasteiger partial charge on any atom is -0.468 e. The monoisotopic (exact) mass is 371 g/mol. The van der Waals surface area contributed by atoms with Crippen molar-refractivity contribution in [3.63, 3.8) is 0 Å². The number of carbonyl (C=O) groups is 1. The summed E-state index contributed by atoms with van der Waals surface area (Å²) < 4.78 is 19.9. The Labute approximate surface area is 156 Å². The average Bonchev–Trinajstić information content (AvgIpc) is 3.08. The molecule has 2 aromatic heterocycles. The topological polar surface area (TPSA) is 81.9 Å². The summed E-state index contributed by atoms with van der Waals surface area (Å²) in [6, 6.07) is 5.79. The van der Waals surface area contributed by atoms with Crippen LogP contribution in [0.4, 0.5) is 10.2 Å². The van der Waals surface area contributed by atoms with Gasteiger partial charge in [0.15, 0.2) is 5.65 Å². The van der Waals surface area contributed by atoms with Gasteiger partial charge >= 0.3 is 5.97 Å². The van der Waals surface area contributed by atoms with Crippen LogP contribution in [0.25, 0.3) is 11.0 Å². The lowest BCUT2D eigenvalue weighted by Gasteiger charge is -2.20. The summed E-state index contributed by atoms with van der Waals surface area (Å²) in [6.45, 7) is 6.36. The number of hydrogen-bond donors (Lipinski definition) is 1. The van der Waals surface area contributed by atoms with E-state index < -0.39 is 11.9 Å². The summed E-state index contributed by atoms with van der Waals surface area (Å²) in [5, 5.41) is 8.36. The molecular formula is C19H22FN5O2. The summed E-state index contributed by atoms with van der Waals surface area (Å²) in [5.41, 5.74) is 1.14. The van der Waals surface area contributed by atoms with Gasteiger partial charge in [0.05, 0.1) is 30.1 Å². The molecule has 0 saturated heterocycles. The van der Waals surface area contributed by atoms with E-state index in [0.717, 1.165) is 5.39 Å². The third kappa shape index (κ3) is 3.89. The fourth-order valence-corrected chi connectivity index (χ4v) is 2.85. The Balaban J connectivity index is 1.88. The first-order valence-corrected chi connectivity index (χ1v) is 8.57. The van der Waals surface area contributed by atoms with E-state index in [-0.39, 0.29) is 17.9 Å². The highest BCUT2D eigenvalue weighted by atomic mass is 19.1. The van der Waals surface area contributed by atoms with E-state index in [2.05, 4.69) is 20.4 Å². The largest absolute Gasteiger partial charge is 0.468 e. The maximum absolute atomic E-state index is 13.2. The number of methoxy groups -OCH3 is 1. The normalized spacial score (nSPS) is 12.8. The van der Waals surface area contributed by atoms with Crippen molar-refractivity contribution < 1.29 is 13.9 Å². The average molecular weight is 371 g/mol. The Morgan fingerprint density at radius 3 is 2.59 bits per heavy atom. The minimum atomic E-state index is -0.599. The third-order valence-electron chi connectivity index (χ3n) is 4.23. The van der Waals surface area contributed by atoms with E-state index in [0.29, 0.717) is 17.0 Å². The Morgan fingerprint density at radius 1 is 1.26 bits per heavy atom. The van der Waals surface area contributed by atoms with Gasteiger partial charge in [-0.15, -0.1) is 0 Å². The quantitative estimate of drug-likeness (QED) is 0.694. The Morgan fingerprint density at radius 2 is 1.96 bits per heavy atom. The molecule has 1 N–H and O–H groups in total. The number of rotatable bonds is 5. The first-order valence-electron chi connectivity index (χ1n) is 8.57. The minimum absolute atomic E-state index is 0.226. The first-order chi connectivity index (χ1) is 12.8. The number of fused-ring (bicyclic) bond motifs is 1. The Kier molecular flexibility index (Phi) is 5.07. The maximum Gasteiger partial charge on any atom is 0.314 e. The molecule has 0 amide bonds. The van der Waals surface area contributed by atoms with Crippen LogP contribution in [0.1, 0.15) is 32.3 Å². The molecular weight excluding hydrogens is 349 g/mol. The predicted molar refractivity (Wildman–Crippen MR) is 100.0 cm³/mol. The molecule has 1 aromatic carbocycles. The van der Waals surface area contributed by atoms with Crippen molar-refractivity contribution in [1.29, 1.82) is 0 Å². The zero-order valence-electron chi connectivity index (χ0n) is 15.7. The number of esters is 1. The van der Waals surface area contributed by atoms with Gasteiger partial charge in [-0.05, 0) is 38.5 Å². The lowest BCUT2D eigenvalue weighted by molar-refractivity contribution is -0.142. The van der Waals surface area contributed by atoms with E-state index in [1.165, 1.54) is 25.6 Å². The molecule has 1 unspecified atom stereocenters. The third-order valence-corrected chi connectivity index (χ3v) is 4.23. The molecule has 3 aromatic rings. The van der Waals surface area contributed by atoms with Crippen molar-refractivity contribution in [1.82, 2.24) is 19.7 Å². The molecule has 0 aliphatic rings. The Bertz CT molecular complexity index is 947. The van der Waals surface area contributed by atoms with Crippen LogP contribution >= 0.6 is 0 Å². The van der Waals surface area contributed by atoms with Crippen molar-refractivity contribution in [3.05, 3.63) is 48.2 Å². The molecule has 0 aliphatic carbocycles. The van der Waals surface area contributed by atoms with Crippen LogP contribution in [-0.4, -0.2) is 39.4 Å². The fourth-order valence-electron chi connectivity index (χ4n) is 2.85. The number of halogens is 1. The van der Waals surface area contributed by atoms with Crippen LogP contribution in [0.2, 0.25) is 0 Å². The second kappa shape index (κ2) is 7.30. The molecule has 1 atom stereocenters. The highest BCUT2D eigenvalue weighted by molar-refractivity contribution is 5.87. The van der Waals surface area contributed by atoms with Gasteiger partial charge in [0, 0.05) is 6.54 Å². The highest BCUT2D eigenvalue weighted by Gasteiger charge is 2.23. The Hall–Kier alpha value is -3.03. The lowest BCUT2D eigenvalue weighted by Crippen LogP contribution is -2.24. The summed E-state index contributed by atoms with van der Waals surface area (Å²) in [5.74, 6) is -0.794. The van der Waals surface area contributed by atoms with Gasteiger partial charge in [0.1, 0.15) is 18.0 Å². The van der Waals surface area contributed by atoms with Gasteiger partial charge in [-0.1, -0.05) is 12.1 Å². The molecule has 0 aliphatic heterocycles. The number of anilines is 1. The van der Waals surface area contributed by atoms with Gasteiger partial charge in [-0.25, -0.2) is 19.0 Å². The molecule has 0 saturated carbocycles. The summed E-state index contributed by atoms with van der Waals surface area (Å²) in [7, 11) is 1.33. The number of aromatic nitrogens is 4. The van der Waals surface area contributed by atoms with Crippen LogP contribution in [0.3, 0.4) is 0 Å². The van der Waals surface area contributed by atoms with Gasteiger partial charge in [-0.2, -0.15) is 5.10 Å². The van der Waals surface area contributed by atoms with E-state index in [9.17, 15) is 9.18 Å². The van der Waals surface area contributed by atoms with E-state index in [4.69, 9.17) is 4.74 Å². The van der Waals surface area contributed by atoms with Crippen molar-refractivity contribution >= 4 is 22.8 Å². The molecule has 0 radical (unpaired) electrons. The van der Waals surface area contributed by atoms with Crippen molar-refractivity contribution in [3.8, 4) is 0 Å². The smallest absolute Gasteiger partial charge is 0.314 e.